The van der Waals surface area contributed by atoms with Crippen LogP contribution < -0.4 is 5.32 Å². The predicted octanol–water partition coefficient (Wildman–Crippen LogP) is 4.20. The SMILES string of the molecule is CCC(CC)C(NC)C(CC)c1ccccc1. The molecule has 0 bridgehead atoms. The lowest BCUT2D eigenvalue weighted by molar-refractivity contribution is 0.300. The van der Waals surface area contributed by atoms with Gasteiger partial charge in [-0.3, -0.25) is 0 Å². The highest BCUT2D eigenvalue weighted by Gasteiger charge is 2.25. The summed E-state index contributed by atoms with van der Waals surface area (Å²) in [4.78, 5) is 0. The van der Waals surface area contributed by atoms with E-state index in [1.54, 1.807) is 0 Å². The van der Waals surface area contributed by atoms with Crippen LogP contribution in [0.3, 0.4) is 0 Å². The van der Waals surface area contributed by atoms with Gasteiger partial charge in [0.25, 0.3) is 0 Å². The maximum atomic E-state index is 3.55. The summed E-state index contributed by atoms with van der Waals surface area (Å²) in [6.45, 7) is 6.90. The molecule has 2 unspecified atom stereocenters. The maximum Gasteiger partial charge on any atom is 0.0161 e. The lowest BCUT2D eigenvalue weighted by Crippen LogP contribution is -2.38. The monoisotopic (exact) mass is 233 g/mol. The lowest BCUT2D eigenvalue weighted by Gasteiger charge is -2.32. The van der Waals surface area contributed by atoms with Crippen molar-refractivity contribution in [2.75, 3.05) is 7.05 Å². The van der Waals surface area contributed by atoms with Crippen molar-refractivity contribution >= 4 is 0 Å². The summed E-state index contributed by atoms with van der Waals surface area (Å²) < 4.78 is 0. The van der Waals surface area contributed by atoms with Gasteiger partial charge in [-0.1, -0.05) is 63.9 Å². The van der Waals surface area contributed by atoms with Crippen LogP contribution in [0.1, 0.15) is 51.5 Å². The van der Waals surface area contributed by atoms with Gasteiger partial charge < -0.3 is 5.32 Å². The third-order valence-electron chi connectivity index (χ3n) is 3.99. The first-order chi connectivity index (χ1) is 8.28. The zero-order chi connectivity index (χ0) is 12.7. The molecular formula is C16H27N. The zero-order valence-electron chi connectivity index (χ0n) is 11.7. The van der Waals surface area contributed by atoms with Crippen LogP contribution in [0.25, 0.3) is 0 Å². The molecule has 1 nitrogen and oxygen atoms in total. The third-order valence-corrected chi connectivity index (χ3v) is 3.99. The van der Waals surface area contributed by atoms with Gasteiger partial charge in [-0.25, -0.2) is 0 Å². The fraction of sp³-hybridized carbons (Fsp3) is 0.625. The molecule has 17 heavy (non-hydrogen) atoms. The quantitative estimate of drug-likeness (QED) is 0.744. The van der Waals surface area contributed by atoms with Crippen molar-refractivity contribution in [3.8, 4) is 0 Å². The standard InChI is InChI=1S/C16H27N/c1-5-13(6-2)16(17-4)15(7-3)14-11-9-8-10-12-14/h8-13,15-17H,5-7H2,1-4H3. The van der Waals surface area contributed by atoms with Crippen LogP contribution in [0.4, 0.5) is 0 Å². The van der Waals surface area contributed by atoms with E-state index in [0.717, 1.165) is 5.92 Å². The topological polar surface area (TPSA) is 12.0 Å². The first kappa shape index (κ1) is 14.2. The van der Waals surface area contributed by atoms with Crippen LogP contribution in [0.5, 0.6) is 0 Å². The van der Waals surface area contributed by atoms with Gasteiger partial charge in [0, 0.05) is 6.04 Å². The average molecular weight is 233 g/mol. The predicted molar refractivity (Wildman–Crippen MR) is 76.4 cm³/mol. The Balaban J connectivity index is 2.91. The summed E-state index contributed by atoms with van der Waals surface area (Å²) in [5.41, 5.74) is 1.47. The molecule has 2 atom stereocenters. The molecule has 0 aliphatic rings. The molecule has 1 heteroatoms. The molecule has 96 valence electrons. The summed E-state index contributed by atoms with van der Waals surface area (Å²) in [5.74, 6) is 1.40. The fourth-order valence-corrected chi connectivity index (χ4v) is 2.96. The van der Waals surface area contributed by atoms with Crippen LogP contribution in [0.15, 0.2) is 30.3 Å². The van der Waals surface area contributed by atoms with Crippen molar-refractivity contribution in [3.05, 3.63) is 35.9 Å². The summed E-state index contributed by atoms with van der Waals surface area (Å²) >= 11 is 0. The van der Waals surface area contributed by atoms with Gasteiger partial charge in [-0.15, -0.1) is 0 Å². The molecular weight excluding hydrogens is 206 g/mol. The summed E-state index contributed by atoms with van der Waals surface area (Å²) in [6, 6.07) is 11.5. The van der Waals surface area contributed by atoms with Crippen LogP contribution in [-0.4, -0.2) is 13.1 Å². The highest BCUT2D eigenvalue weighted by atomic mass is 14.9. The highest BCUT2D eigenvalue weighted by Crippen LogP contribution is 2.30. The molecule has 0 amide bonds. The number of likely N-dealkylation sites (N-methyl/N-ethyl adjacent to an activating group) is 1. The summed E-state index contributed by atoms with van der Waals surface area (Å²) in [7, 11) is 2.11. The molecule has 1 aromatic carbocycles. The second kappa shape index (κ2) is 7.50. The van der Waals surface area contributed by atoms with Crippen molar-refractivity contribution in [2.45, 2.75) is 52.0 Å². The van der Waals surface area contributed by atoms with Gasteiger partial charge in [0.1, 0.15) is 0 Å². The van der Waals surface area contributed by atoms with Crippen LogP contribution in [0.2, 0.25) is 0 Å². The third kappa shape index (κ3) is 3.57. The fourth-order valence-electron chi connectivity index (χ4n) is 2.96. The van der Waals surface area contributed by atoms with Gasteiger partial charge >= 0.3 is 0 Å². The molecule has 0 saturated heterocycles. The first-order valence-corrected chi connectivity index (χ1v) is 7.00. The molecule has 0 saturated carbocycles. The van der Waals surface area contributed by atoms with Gasteiger partial charge in [0.15, 0.2) is 0 Å². The molecule has 1 aromatic rings. The molecule has 0 aliphatic heterocycles. The van der Waals surface area contributed by atoms with Crippen LogP contribution in [0, 0.1) is 5.92 Å². The van der Waals surface area contributed by atoms with Crippen molar-refractivity contribution in [3.63, 3.8) is 0 Å². The first-order valence-electron chi connectivity index (χ1n) is 7.00. The Morgan fingerprint density at radius 1 is 0.941 bits per heavy atom. The minimum atomic E-state index is 0.595. The number of rotatable bonds is 7. The molecule has 1 rings (SSSR count). The van der Waals surface area contributed by atoms with E-state index in [4.69, 9.17) is 0 Å². The molecule has 0 heterocycles. The van der Waals surface area contributed by atoms with Gasteiger partial charge in [0.05, 0.1) is 0 Å². The number of hydrogen-bond donors (Lipinski definition) is 1. The van der Waals surface area contributed by atoms with Crippen LogP contribution in [-0.2, 0) is 0 Å². The summed E-state index contributed by atoms with van der Waals surface area (Å²) in [6.07, 6.45) is 3.71. The van der Waals surface area contributed by atoms with Crippen molar-refractivity contribution in [1.82, 2.24) is 5.32 Å². The van der Waals surface area contributed by atoms with Crippen molar-refractivity contribution in [1.29, 1.82) is 0 Å². The number of benzene rings is 1. The van der Waals surface area contributed by atoms with Gasteiger partial charge in [-0.2, -0.15) is 0 Å². The Hall–Kier alpha value is -0.820. The number of nitrogens with one attached hydrogen (secondary N) is 1. The van der Waals surface area contributed by atoms with E-state index in [1.165, 1.54) is 24.8 Å². The Labute approximate surface area is 107 Å². The largest absolute Gasteiger partial charge is 0.316 e. The molecule has 0 aromatic heterocycles. The minimum Gasteiger partial charge on any atom is -0.316 e. The molecule has 0 radical (unpaired) electrons. The molecule has 1 N–H and O–H groups in total. The zero-order valence-corrected chi connectivity index (χ0v) is 11.7. The van der Waals surface area contributed by atoms with E-state index in [2.05, 4.69) is 63.5 Å². The normalized spacial score (nSPS) is 14.9. The molecule has 0 fully saturated rings. The molecule has 0 aliphatic carbocycles. The van der Waals surface area contributed by atoms with Gasteiger partial charge in [0.2, 0.25) is 0 Å². The van der Waals surface area contributed by atoms with Crippen LogP contribution >= 0.6 is 0 Å². The smallest absolute Gasteiger partial charge is 0.0161 e. The maximum absolute atomic E-state index is 3.55. The molecule has 0 spiro atoms. The average Bonchev–Trinajstić information content (AvgIpc) is 2.40. The van der Waals surface area contributed by atoms with E-state index >= 15 is 0 Å². The Morgan fingerprint density at radius 2 is 1.53 bits per heavy atom. The minimum absolute atomic E-state index is 0.595. The van der Waals surface area contributed by atoms with Crippen molar-refractivity contribution < 1.29 is 0 Å². The van der Waals surface area contributed by atoms with E-state index in [-0.39, 0.29) is 0 Å². The Bertz CT molecular complexity index is 290. The van der Waals surface area contributed by atoms with Crippen molar-refractivity contribution in [2.24, 2.45) is 5.92 Å². The number of hydrogen-bond acceptors (Lipinski definition) is 1. The van der Waals surface area contributed by atoms with E-state index in [0.29, 0.717) is 12.0 Å². The Kier molecular flexibility index (Phi) is 6.28. The van der Waals surface area contributed by atoms with E-state index < -0.39 is 0 Å². The van der Waals surface area contributed by atoms with E-state index in [1.807, 2.05) is 0 Å². The summed E-state index contributed by atoms with van der Waals surface area (Å²) in [5, 5.41) is 3.55. The highest BCUT2D eigenvalue weighted by molar-refractivity contribution is 5.21. The van der Waals surface area contributed by atoms with Gasteiger partial charge in [-0.05, 0) is 30.9 Å². The lowest BCUT2D eigenvalue weighted by atomic mass is 9.80. The second-order valence-electron chi connectivity index (χ2n) is 4.82. The second-order valence-corrected chi connectivity index (χ2v) is 4.82. The van der Waals surface area contributed by atoms with E-state index in [9.17, 15) is 0 Å². The Morgan fingerprint density at radius 3 is 1.94 bits per heavy atom.